The molecule has 0 aliphatic rings. The molecular formula is C18H19BrN2O2. The quantitative estimate of drug-likeness (QED) is 0.822. The second-order valence-corrected chi connectivity index (χ2v) is 6.15. The van der Waals surface area contributed by atoms with Gasteiger partial charge < -0.3 is 10.6 Å². The van der Waals surface area contributed by atoms with Crippen LogP contribution in [0.1, 0.15) is 41.0 Å². The maximum absolute atomic E-state index is 12.3. The summed E-state index contributed by atoms with van der Waals surface area (Å²) in [5, 5.41) is 5.72. The molecule has 5 heteroatoms. The molecule has 0 saturated carbocycles. The SMILES string of the molecule is CCC(C)NC(=O)c1cccc(NC(=O)c2ccccc2Br)c1. The molecule has 1 atom stereocenters. The second-order valence-electron chi connectivity index (χ2n) is 5.30. The Morgan fingerprint density at radius 3 is 2.52 bits per heavy atom. The van der Waals surface area contributed by atoms with Crippen LogP contribution in [-0.2, 0) is 0 Å². The summed E-state index contributed by atoms with van der Waals surface area (Å²) in [6.07, 6.45) is 0.865. The van der Waals surface area contributed by atoms with Gasteiger partial charge in [-0.05, 0) is 59.6 Å². The number of benzene rings is 2. The third-order valence-corrected chi connectivity index (χ3v) is 4.18. The minimum Gasteiger partial charge on any atom is -0.350 e. The smallest absolute Gasteiger partial charge is 0.256 e. The highest BCUT2D eigenvalue weighted by molar-refractivity contribution is 9.10. The first-order chi connectivity index (χ1) is 11.0. The number of carbonyl (C=O) groups is 2. The maximum Gasteiger partial charge on any atom is 0.256 e. The van der Waals surface area contributed by atoms with Crippen molar-refractivity contribution in [1.29, 1.82) is 0 Å². The van der Waals surface area contributed by atoms with Crippen LogP contribution in [0.3, 0.4) is 0 Å². The Morgan fingerprint density at radius 2 is 1.83 bits per heavy atom. The van der Waals surface area contributed by atoms with E-state index in [1.54, 1.807) is 36.4 Å². The standard InChI is InChI=1S/C18H19BrN2O2/c1-3-12(2)20-17(22)13-7-6-8-14(11-13)21-18(23)15-9-4-5-10-16(15)19/h4-12H,3H2,1-2H3,(H,20,22)(H,21,23). The van der Waals surface area contributed by atoms with Crippen LogP contribution in [0.15, 0.2) is 53.0 Å². The van der Waals surface area contributed by atoms with E-state index in [1.807, 2.05) is 26.0 Å². The second kappa shape index (κ2) is 7.92. The third kappa shape index (κ3) is 4.66. The maximum atomic E-state index is 12.3. The summed E-state index contributed by atoms with van der Waals surface area (Å²) in [5.74, 6) is -0.367. The fraction of sp³-hybridized carbons (Fsp3) is 0.222. The molecule has 0 aromatic heterocycles. The molecule has 0 saturated heterocycles. The van der Waals surface area contributed by atoms with E-state index in [4.69, 9.17) is 0 Å². The van der Waals surface area contributed by atoms with E-state index in [0.717, 1.165) is 10.9 Å². The van der Waals surface area contributed by atoms with Crippen molar-refractivity contribution in [2.45, 2.75) is 26.3 Å². The first-order valence-electron chi connectivity index (χ1n) is 7.48. The lowest BCUT2D eigenvalue weighted by atomic mass is 10.1. The first kappa shape index (κ1) is 17.2. The fourth-order valence-electron chi connectivity index (χ4n) is 1.99. The molecule has 0 aliphatic heterocycles. The Bertz CT molecular complexity index is 716. The minimum atomic E-state index is -0.225. The van der Waals surface area contributed by atoms with Crippen LogP contribution in [0.5, 0.6) is 0 Å². The summed E-state index contributed by atoms with van der Waals surface area (Å²) < 4.78 is 0.725. The van der Waals surface area contributed by atoms with Gasteiger partial charge in [0.15, 0.2) is 0 Å². The van der Waals surface area contributed by atoms with Crippen molar-refractivity contribution in [2.24, 2.45) is 0 Å². The van der Waals surface area contributed by atoms with Crippen LogP contribution in [0.4, 0.5) is 5.69 Å². The third-order valence-electron chi connectivity index (χ3n) is 3.49. The normalized spacial score (nSPS) is 11.6. The van der Waals surface area contributed by atoms with Gasteiger partial charge in [0.05, 0.1) is 5.56 Å². The Kier molecular flexibility index (Phi) is 5.93. The Hall–Kier alpha value is -2.14. The van der Waals surface area contributed by atoms with Crippen LogP contribution in [0.2, 0.25) is 0 Å². The highest BCUT2D eigenvalue weighted by atomic mass is 79.9. The number of halogens is 1. The minimum absolute atomic E-state index is 0.112. The summed E-state index contributed by atoms with van der Waals surface area (Å²) in [6.45, 7) is 3.97. The molecule has 2 aromatic rings. The molecule has 120 valence electrons. The van der Waals surface area contributed by atoms with Gasteiger partial charge in [-0.25, -0.2) is 0 Å². The monoisotopic (exact) mass is 374 g/mol. The first-order valence-corrected chi connectivity index (χ1v) is 8.27. The highest BCUT2D eigenvalue weighted by Gasteiger charge is 2.12. The molecule has 0 aliphatic carbocycles. The lowest BCUT2D eigenvalue weighted by Crippen LogP contribution is -2.31. The zero-order valence-corrected chi connectivity index (χ0v) is 14.7. The number of anilines is 1. The van der Waals surface area contributed by atoms with Gasteiger partial charge in [-0.2, -0.15) is 0 Å². The summed E-state index contributed by atoms with van der Waals surface area (Å²) in [5.41, 5.74) is 1.65. The average Bonchev–Trinajstić information content (AvgIpc) is 2.55. The molecule has 0 bridgehead atoms. The lowest BCUT2D eigenvalue weighted by Gasteiger charge is -2.12. The van der Waals surface area contributed by atoms with E-state index in [2.05, 4.69) is 26.6 Å². The van der Waals surface area contributed by atoms with Crippen molar-refractivity contribution >= 4 is 33.4 Å². The molecule has 4 nitrogen and oxygen atoms in total. The fourth-order valence-corrected chi connectivity index (χ4v) is 2.46. The summed E-state index contributed by atoms with van der Waals surface area (Å²) in [6, 6.07) is 14.2. The molecule has 0 radical (unpaired) electrons. The van der Waals surface area contributed by atoms with Crippen LogP contribution >= 0.6 is 15.9 Å². The van der Waals surface area contributed by atoms with E-state index in [9.17, 15) is 9.59 Å². The van der Waals surface area contributed by atoms with Gasteiger partial charge in [-0.15, -0.1) is 0 Å². The molecule has 0 heterocycles. The van der Waals surface area contributed by atoms with Crippen molar-refractivity contribution in [2.75, 3.05) is 5.32 Å². The molecule has 2 aromatic carbocycles. The van der Waals surface area contributed by atoms with Crippen LogP contribution in [0.25, 0.3) is 0 Å². The number of rotatable bonds is 5. The van der Waals surface area contributed by atoms with Crippen LogP contribution < -0.4 is 10.6 Å². The largest absolute Gasteiger partial charge is 0.350 e. The number of nitrogens with one attached hydrogen (secondary N) is 2. The molecule has 2 rings (SSSR count). The summed E-state index contributed by atoms with van der Waals surface area (Å²) in [7, 11) is 0. The topological polar surface area (TPSA) is 58.2 Å². The predicted molar refractivity (Wildman–Crippen MR) is 95.8 cm³/mol. The summed E-state index contributed by atoms with van der Waals surface area (Å²) >= 11 is 3.36. The average molecular weight is 375 g/mol. The van der Waals surface area contributed by atoms with Crippen molar-refractivity contribution in [3.63, 3.8) is 0 Å². The van der Waals surface area contributed by atoms with Crippen molar-refractivity contribution < 1.29 is 9.59 Å². The van der Waals surface area contributed by atoms with Gasteiger partial charge in [0.25, 0.3) is 11.8 Å². The van der Waals surface area contributed by atoms with E-state index in [1.165, 1.54) is 0 Å². The zero-order valence-electron chi connectivity index (χ0n) is 13.1. The van der Waals surface area contributed by atoms with E-state index in [0.29, 0.717) is 16.8 Å². The van der Waals surface area contributed by atoms with Gasteiger partial charge in [0, 0.05) is 21.8 Å². The van der Waals surface area contributed by atoms with Gasteiger partial charge in [-0.1, -0.05) is 25.1 Å². The van der Waals surface area contributed by atoms with E-state index >= 15 is 0 Å². The molecule has 2 N–H and O–H groups in total. The Balaban J connectivity index is 2.13. The molecular weight excluding hydrogens is 356 g/mol. The zero-order chi connectivity index (χ0) is 16.8. The van der Waals surface area contributed by atoms with Gasteiger partial charge in [0.1, 0.15) is 0 Å². The highest BCUT2D eigenvalue weighted by Crippen LogP contribution is 2.18. The van der Waals surface area contributed by atoms with Gasteiger partial charge >= 0.3 is 0 Å². The Morgan fingerprint density at radius 1 is 1.09 bits per heavy atom. The molecule has 0 fully saturated rings. The molecule has 23 heavy (non-hydrogen) atoms. The number of amides is 2. The van der Waals surface area contributed by atoms with Crippen molar-refractivity contribution in [1.82, 2.24) is 5.32 Å². The number of hydrogen-bond acceptors (Lipinski definition) is 2. The number of hydrogen-bond donors (Lipinski definition) is 2. The Labute approximate surface area is 144 Å². The van der Waals surface area contributed by atoms with Gasteiger partial charge in [0.2, 0.25) is 0 Å². The molecule has 1 unspecified atom stereocenters. The van der Waals surface area contributed by atoms with Gasteiger partial charge in [-0.3, -0.25) is 9.59 Å². The van der Waals surface area contributed by atoms with Crippen LogP contribution in [0, 0.1) is 0 Å². The van der Waals surface area contributed by atoms with Crippen molar-refractivity contribution in [3.8, 4) is 0 Å². The van der Waals surface area contributed by atoms with E-state index < -0.39 is 0 Å². The molecule has 0 spiro atoms. The van der Waals surface area contributed by atoms with E-state index in [-0.39, 0.29) is 17.9 Å². The molecule has 2 amide bonds. The predicted octanol–water partition coefficient (Wildman–Crippen LogP) is 4.23. The van der Waals surface area contributed by atoms with Crippen LogP contribution in [-0.4, -0.2) is 17.9 Å². The lowest BCUT2D eigenvalue weighted by molar-refractivity contribution is 0.0938. The van der Waals surface area contributed by atoms with Crippen molar-refractivity contribution in [3.05, 3.63) is 64.1 Å². The number of carbonyl (C=O) groups excluding carboxylic acids is 2. The summed E-state index contributed by atoms with van der Waals surface area (Å²) in [4.78, 5) is 24.4.